The van der Waals surface area contributed by atoms with E-state index in [-0.39, 0.29) is 0 Å². The van der Waals surface area contributed by atoms with Gasteiger partial charge in [0.2, 0.25) is 0 Å². The summed E-state index contributed by atoms with van der Waals surface area (Å²) in [5.74, 6) is 0. The summed E-state index contributed by atoms with van der Waals surface area (Å²) in [6.07, 6.45) is 11.3. The molecule has 0 aliphatic heterocycles. The summed E-state index contributed by atoms with van der Waals surface area (Å²) < 4.78 is 0. The van der Waals surface area contributed by atoms with Gasteiger partial charge < -0.3 is 10.2 Å². The standard InChI is InChI=1S/C12H20O2/c1-2-3-4-6-9-12(14)10-7-5-8-11(12)13/h5,7-8,10-11,13-14H,2-4,6,9H2,1H3. The minimum Gasteiger partial charge on any atom is -0.386 e. The first kappa shape index (κ1) is 11.5. The van der Waals surface area contributed by atoms with Crippen LogP contribution in [0.5, 0.6) is 0 Å². The zero-order valence-corrected chi connectivity index (χ0v) is 8.82. The minimum atomic E-state index is -1.03. The Kier molecular flexibility index (Phi) is 4.36. The van der Waals surface area contributed by atoms with Gasteiger partial charge >= 0.3 is 0 Å². The molecule has 0 amide bonds. The lowest BCUT2D eigenvalue weighted by Gasteiger charge is -2.30. The summed E-state index contributed by atoms with van der Waals surface area (Å²) >= 11 is 0. The molecular formula is C12H20O2. The lowest BCUT2D eigenvalue weighted by atomic mass is 9.87. The molecule has 2 N–H and O–H groups in total. The fourth-order valence-electron chi connectivity index (χ4n) is 1.72. The average molecular weight is 196 g/mol. The molecule has 0 heterocycles. The second kappa shape index (κ2) is 5.32. The maximum Gasteiger partial charge on any atom is 0.112 e. The molecule has 2 heteroatoms. The van der Waals surface area contributed by atoms with E-state index in [1.165, 1.54) is 12.8 Å². The van der Waals surface area contributed by atoms with E-state index in [2.05, 4.69) is 6.92 Å². The van der Waals surface area contributed by atoms with Crippen molar-refractivity contribution < 1.29 is 10.2 Å². The smallest absolute Gasteiger partial charge is 0.112 e. The van der Waals surface area contributed by atoms with Crippen molar-refractivity contribution in [1.82, 2.24) is 0 Å². The summed E-state index contributed by atoms with van der Waals surface area (Å²) in [7, 11) is 0. The van der Waals surface area contributed by atoms with Crippen molar-refractivity contribution in [3.8, 4) is 0 Å². The molecule has 1 rings (SSSR count). The fourth-order valence-corrected chi connectivity index (χ4v) is 1.72. The molecule has 1 aliphatic rings. The highest BCUT2D eigenvalue weighted by atomic mass is 16.3. The van der Waals surface area contributed by atoms with Crippen molar-refractivity contribution in [2.45, 2.75) is 50.7 Å². The molecule has 0 fully saturated rings. The molecule has 0 aromatic heterocycles. The van der Waals surface area contributed by atoms with E-state index in [9.17, 15) is 10.2 Å². The third kappa shape index (κ3) is 2.96. The Hall–Kier alpha value is -0.600. The fraction of sp³-hybridized carbons (Fsp3) is 0.667. The van der Waals surface area contributed by atoms with E-state index in [1.54, 1.807) is 24.3 Å². The Morgan fingerprint density at radius 2 is 2.00 bits per heavy atom. The number of hydrogen-bond donors (Lipinski definition) is 2. The lowest BCUT2D eigenvalue weighted by molar-refractivity contribution is -0.0228. The predicted molar refractivity (Wildman–Crippen MR) is 58.0 cm³/mol. The van der Waals surface area contributed by atoms with Gasteiger partial charge in [-0.1, -0.05) is 56.9 Å². The van der Waals surface area contributed by atoms with Gasteiger partial charge in [-0.3, -0.25) is 0 Å². The number of unbranched alkanes of at least 4 members (excludes halogenated alkanes) is 3. The van der Waals surface area contributed by atoms with Crippen molar-refractivity contribution in [3.63, 3.8) is 0 Å². The molecule has 14 heavy (non-hydrogen) atoms. The van der Waals surface area contributed by atoms with Gasteiger partial charge in [0.15, 0.2) is 0 Å². The number of hydrogen-bond acceptors (Lipinski definition) is 2. The van der Waals surface area contributed by atoms with Crippen LogP contribution >= 0.6 is 0 Å². The zero-order valence-electron chi connectivity index (χ0n) is 8.82. The molecule has 0 aromatic carbocycles. The highest BCUT2D eigenvalue weighted by Crippen LogP contribution is 2.24. The van der Waals surface area contributed by atoms with Gasteiger partial charge in [0.1, 0.15) is 11.7 Å². The summed E-state index contributed by atoms with van der Waals surface area (Å²) in [4.78, 5) is 0. The van der Waals surface area contributed by atoms with Crippen LogP contribution in [0.4, 0.5) is 0 Å². The molecular weight excluding hydrogens is 176 g/mol. The molecule has 0 radical (unpaired) electrons. The van der Waals surface area contributed by atoms with E-state index in [4.69, 9.17) is 0 Å². The lowest BCUT2D eigenvalue weighted by Crippen LogP contribution is -2.40. The molecule has 80 valence electrons. The van der Waals surface area contributed by atoms with Crippen molar-refractivity contribution in [3.05, 3.63) is 24.3 Å². The third-order valence-corrected chi connectivity index (χ3v) is 2.73. The third-order valence-electron chi connectivity index (χ3n) is 2.73. The molecule has 2 atom stereocenters. The highest BCUT2D eigenvalue weighted by Gasteiger charge is 2.31. The second-order valence-corrected chi connectivity index (χ2v) is 3.99. The van der Waals surface area contributed by atoms with Gasteiger partial charge in [-0.05, 0) is 6.42 Å². The van der Waals surface area contributed by atoms with Crippen LogP contribution < -0.4 is 0 Å². The molecule has 0 bridgehead atoms. The van der Waals surface area contributed by atoms with Crippen LogP contribution in [0, 0.1) is 0 Å². The van der Waals surface area contributed by atoms with Crippen molar-refractivity contribution in [2.75, 3.05) is 0 Å². The summed E-state index contributed by atoms with van der Waals surface area (Å²) in [6, 6.07) is 0. The Labute approximate surface area is 86.0 Å². The van der Waals surface area contributed by atoms with Crippen LogP contribution in [0.3, 0.4) is 0 Å². The van der Waals surface area contributed by atoms with Gasteiger partial charge in [0, 0.05) is 0 Å². The Balaban J connectivity index is 2.34. The monoisotopic (exact) mass is 196 g/mol. The van der Waals surface area contributed by atoms with E-state index in [1.807, 2.05) is 0 Å². The Morgan fingerprint density at radius 3 is 2.64 bits per heavy atom. The number of rotatable bonds is 5. The van der Waals surface area contributed by atoms with Crippen LogP contribution in [0.15, 0.2) is 24.3 Å². The molecule has 1 aliphatic carbocycles. The molecule has 0 saturated heterocycles. The van der Waals surface area contributed by atoms with E-state index in [0.29, 0.717) is 6.42 Å². The van der Waals surface area contributed by atoms with Crippen LogP contribution in [-0.4, -0.2) is 21.9 Å². The second-order valence-electron chi connectivity index (χ2n) is 3.99. The van der Waals surface area contributed by atoms with Gasteiger partial charge in [-0.2, -0.15) is 0 Å². The highest BCUT2D eigenvalue weighted by molar-refractivity contribution is 5.22. The van der Waals surface area contributed by atoms with Gasteiger partial charge in [-0.25, -0.2) is 0 Å². The first-order chi connectivity index (χ1) is 6.69. The Bertz CT molecular complexity index is 220. The normalized spacial score (nSPS) is 30.9. The van der Waals surface area contributed by atoms with Gasteiger partial charge in [0.05, 0.1) is 0 Å². The quantitative estimate of drug-likeness (QED) is 0.662. The largest absolute Gasteiger partial charge is 0.386 e. The first-order valence-electron chi connectivity index (χ1n) is 5.45. The maximum atomic E-state index is 10.1. The van der Waals surface area contributed by atoms with Crippen molar-refractivity contribution >= 4 is 0 Å². The molecule has 2 unspecified atom stereocenters. The molecule has 0 saturated carbocycles. The topological polar surface area (TPSA) is 40.5 Å². The van der Waals surface area contributed by atoms with Crippen LogP contribution in [-0.2, 0) is 0 Å². The summed E-state index contributed by atoms with van der Waals surface area (Å²) in [5, 5.41) is 19.6. The predicted octanol–water partition coefficient (Wildman–Crippen LogP) is 2.17. The summed E-state index contributed by atoms with van der Waals surface area (Å²) in [6.45, 7) is 2.16. The number of aliphatic hydroxyl groups is 2. The first-order valence-corrected chi connectivity index (χ1v) is 5.45. The van der Waals surface area contributed by atoms with E-state index in [0.717, 1.165) is 12.8 Å². The van der Waals surface area contributed by atoms with E-state index >= 15 is 0 Å². The number of allylic oxidation sites excluding steroid dienone is 2. The molecule has 2 nitrogen and oxygen atoms in total. The maximum absolute atomic E-state index is 10.1. The van der Waals surface area contributed by atoms with E-state index < -0.39 is 11.7 Å². The average Bonchev–Trinajstić information content (AvgIpc) is 2.18. The molecule has 0 aromatic rings. The van der Waals surface area contributed by atoms with Gasteiger partial charge in [0.25, 0.3) is 0 Å². The van der Waals surface area contributed by atoms with Crippen molar-refractivity contribution in [2.24, 2.45) is 0 Å². The van der Waals surface area contributed by atoms with Crippen LogP contribution in [0.25, 0.3) is 0 Å². The molecule has 0 spiro atoms. The SMILES string of the molecule is CCCCCCC1(O)C=CC=CC1O. The zero-order chi connectivity index (χ0) is 10.4. The van der Waals surface area contributed by atoms with Crippen molar-refractivity contribution in [1.29, 1.82) is 0 Å². The van der Waals surface area contributed by atoms with Crippen LogP contribution in [0.1, 0.15) is 39.0 Å². The number of aliphatic hydroxyl groups excluding tert-OH is 1. The summed E-state index contributed by atoms with van der Waals surface area (Å²) in [5.41, 5.74) is -1.03. The van der Waals surface area contributed by atoms with Gasteiger partial charge in [-0.15, -0.1) is 0 Å². The van der Waals surface area contributed by atoms with Crippen LogP contribution in [0.2, 0.25) is 0 Å². The minimum absolute atomic E-state index is 0.648. The Morgan fingerprint density at radius 1 is 1.21 bits per heavy atom.